The first-order valence-corrected chi connectivity index (χ1v) is 13.9. The predicted molar refractivity (Wildman–Crippen MR) is 131 cm³/mol. The number of carboxylic acids is 1. The molecule has 0 amide bonds. The Hall–Kier alpha value is -0.650. The van der Waals surface area contributed by atoms with E-state index >= 15 is 0 Å². The zero-order chi connectivity index (χ0) is 25.1. The molecule has 12 atom stereocenters. The summed E-state index contributed by atoms with van der Waals surface area (Å²) in [4.78, 5) is 12.7. The van der Waals surface area contributed by atoms with Crippen molar-refractivity contribution in [3.05, 3.63) is 0 Å². The lowest BCUT2D eigenvalue weighted by Crippen LogP contribution is -2.68. The molecule has 0 spiro atoms. The van der Waals surface area contributed by atoms with Gasteiger partial charge < -0.3 is 20.4 Å². The highest BCUT2D eigenvalue weighted by atomic mass is 16.4. The first-order valence-electron chi connectivity index (χ1n) is 13.9. The number of aliphatic carboxylic acids is 1. The van der Waals surface area contributed by atoms with Gasteiger partial charge in [0.1, 0.15) is 0 Å². The van der Waals surface area contributed by atoms with E-state index in [0.717, 1.165) is 44.9 Å². The summed E-state index contributed by atoms with van der Waals surface area (Å²) >= 11 is 0. The summed E-state index contributed by atoms with van der Waals surface area (Å²) in [6.45, 7) is 13.5. The van der Waals surface area contributed by atoms with E-state index in [4.69, 9.17) is 0 Å². The summed E-state index contributed by atoms with van der Waals surface area (Å²) in [5.74, 6) is 0.602. The topological polar surface area (TPSA) is 98.0 Å². The number of fused-ring (bicyclic) bond motifs is 7. The van der Waals surface area contributed by atoms with Crippen LogP contribution in [0.25, 0.3) is 0 Å². The molecule has 0 aromatic heterocycles. The van der Waals surface area contributed by atoms with Gasteiger partial charge in [0.2, 0.25) is 0 Å². The van der Waals surface area contributed by atoms with Gasteiger partial charge in [0.25, 0.3) is 0 Å². The third-order valence-corrected chi connectivity index (χ3v) is 13.5. The van der Waals surface area contributed by atoms with E-state index in [0.29, 0.717) is 30.6 Å². The van der Waals surface area contributed by atoms with Crippen LogP contribution in [0.3, 0.4) is 0 Å². The second-order valence-electron chi connectivity index (χ2n) is 14.6. The van der Waals surface area contributed by atoms with Gasteiger partial charge in [0.15, 0.2) is 0 Å². The minimum absolute atomic E-state index is 0.0240. The Morgan fingerprint density at radius 2 is 1.53 bits per heavy atom. The molecule has 5 nitrogen and oxygen atoms in total. The zero-order valence-electron chi connectivity index (χ0n) is 22.2. The average molecular weight is 477 g/mol. The quantitative estimate of drug-likeness (QED) is 0.456. The summed E-state index contributed by atoms with van der Waals surface area (Å²) in [6, 6.07) is 0. The normalized spacial score (nSPS) is 57.0. The fourth-order valence-corrected chi connectivity index (χ4v) is 11.7. The van der Waals surface area contributed by atoms with Crippen LogP contribution in [0.15, 0.2) is 0 Å². The Kier molecular flexibility index (Phi) is 5.48. The van der Waals surface area contributed by atoms with Gasteiger partial charge >= 0.3 is 5.97 Å². The number of hydrogen-bond donors (Lipinski definition) is 4. The summed E-state index contributed by atoms with van der Waals surface area (Å²) in [5.41, 5.74) is -0.946. The van der Waals surface area contributed by atoms with Gasteiger partial charge in [-0.2, -0.15) is 0 Å². The van der Waals surface area contributed by atoms with Crippen LogP contribution in [0.5, 0.6) is 0 Å². The average Bonchev–Trinajstić information content (AvgIpc) is 3.14. The highest BCUT2D eigenvalue weighted by molar-refractivity contribution is 5.76. The SMILES string of the molecule is CC(O)[C@@H]1CC[C@]2(C(=O)O)CC[C@]3(C)C(CCC4[C@@]5(C)C[C@H](O)[C@H](O)C(C)(C)C5CC[C@]43C)C12. The monoisotopic (exact) mass is 476 g/mol. The Balaban J connectivity index is 1.57. The maximum atomic E-state index is 12.7. The molecule has 5 rings (SSSR count). The van der Waals surface area contributed by atoms with Crippen molar-refractivity contribution >= 4 is 5.97 Å². The molecule has 5 aliphatic rings. The lowest BCUT2D eigenvalue weighted by molar-refractivity contribution is -0.264. The molecule has 5 saturated carbocycles. The lowest BCUT2D eigenvalue weighted by Gasteiger charge is -2.73. The van der Waals surface area contributed by atoms with Crippen LogP contribution >= 0.6 is 0 Å². The van der Waals surface area contributed by atoms with Crippen molar-refractivity contribution in [3.63, 3.8) is 0 Å². The largest absolute Gasteiger partial charge is 0.481 e. The van der Waals surface area contributed by atoms with Crippen molar-refractivity contribution in [2.24, 2.45) is 56.7 Å². The molecular formula is C29H48O5. The van der Waals surface area contributed by atoms with Crippen molar-refractivity contribution in [1.29, 1.82) is 0 Å². The molecule has 0 aliphatic heterocycles. The third kappa shape index (κ3) is 2.81. The first kappa shape index (κ1) is 25.0. The molecule has 0 radical (unpaired) electrons. The molecule has 0 aromatic rings. The third-order valence-electron chi connectivity index (χ3n) is 13.5. The van der Waals surface area contributed by atoms with Crippen molar-refractivity contribution in [1.82, 2.24) is 0 Å². The lowest BCUT2D eigenvalue weighted by atomic mass is 9.32. The molecule has 0 bridgehead atoms. The second kappa shape index (κ2) is 7.44. The fraction of sp³-hybridized carbons (Fsp3) is 0.966. The number of aliphatic hydroxyl groups is 3. The summed E-state index contributed by atoms with van der Waals surface area (Å²) in [7, 11) is 0. The van der Waals surface area contributed by atoms with Crippen LogP contribution in [-0.4, -0.2) is 44.7 Å². The van der Waals surface area contributed by atoms with Gasteiger partial charge in [0, 0.05) is 0 Å². The van der Waals surface area contributed by atoms with E-state index in [-0.39, 0.29) is 33.5 Å². The van der Waals surface area contributed by atoms with E-state index in [1.165, 1.54) is 0 Å². The van der Waals surface area contributed by atoms with Crippen LogP contribution in [0.2, 0.25) is 0 Å². The van der Waals surface area contributed by atoms with Gasteiger partial charge in [-0.05, 0) is 116 Å². The molecule has 194 valence electrons. The van der Waals surface area contributed by atoms with E-state index in [9.17, 15) is 25.2 Å². The minimum atomic E-state index is -0.690. The minimum Gasteiger partial charge on any atom is -0.481 e. The van der Waals surface area contributed by atoms with Crippen molar-refractivity contribution in [3.8, 4) is 0 Å². The zero-order valence-corrected chi connectivity index (χ0v) is 22.2. The first-order chi connectivity index (χ1) is 15.7. The highest BCUT2D eigenvalue weighted by Gasteiger charge is 2.72. The molecule has 34 heavy (non-hydrogen) atoms. The summed E-state index contributed by atoms with van der Waals surface area (Å²) in [6.07, 6.45) is 6.22. The standard InChI is InChI=1S/C29H48O5/c1-16(30)17-9-12-29(24(33)34)14-13-27(5)18(22(17)29)7-8-21-26(4)15-19(31)23(32)25(2,3)20(26)10-11-28(21,27)6/h16-23,30-32H,7-15H2,1-6H3,(H,33,34)/t16?,17-,18?,19-,20?,21?,22?,23-,26-,27+,28+,29-/m0/s1. The van der Waals surface area contributed by atoms with Crippen molar-refractivity contribution in [2.75, 3.05) is 0 Å². The second-order valence-corrected chi connectivity index (χ2v) is 14.6. The van der Waals surface area contributed by atoms with Crippen molar-refractivity contribution < 1.29 is 25.2 Å². The Morgan fingerprint density at radius 1 is 0.853 bits per heavy atom. The van der Waals surface area contributed by atoms with Crippen LogP contribution in [-0.2, 0) is 4.79 Å². The highest BCUT2D eigenvalue weighted by Crippen LogP contribution is 2.77. The Labute approximate surface area is 205 Å². The van der Waals surface area contributed by atoms with Gasteiger partial charge in [-0.1, -0.05) is 34.6 Å². The van der Waals surface area contributed by atoms with E-state index in [1.807, 2.05) is 6.92 Å². The number of rotatable bonds is 2. The molecule has 0 aromatic carbocycles. The fourth-order valence-electron chi connectivity index (χ4n) is 11.7. The summed E-state index contributed by atoms with van der Waals surface area (Å²) < 4.78 is 0. The number of aliphatic hydroxyl groups excluding tert-OH is 3. The number of hydrogen-bond acceptors (Lipinski definition) is 4. The van der Waals surface area contributed by atoms with Crippen LogP contribution in [0.4, 0.5) is 0 Å². The van der Waals surface area contributed by atoms with E-state index < -0.39 is 29.7 Å². The molecule has 5 heteroatoms. The number of carbonyl (C=O) groups is 1. The summed E-state index contributed by atoms with van der Waals surface area (Å²) in [5, 5.41) is 43.0. The maximum Gasteiger partial charge on any atom is 0.309 e. The van der Waals surface area contributed by atoms with Crippen LogP contribution < -0.4 is 0 Å². The van der Waals surface area contributed by atoms with E-state index in [1.54, 1.807) is 0 Å². The molecule has 5 aliphatic carbocycles. The molecule has 0 heterocycles. The molecule has 5 unspecified atom stereocenters. The smallest absolute Gasteiger partial charge is 0.309 e. The maximum absolute atomic E-state index is 12.7. The molecular weight excluding hydrogens is 428 g/mol. The number of carboxylic acid groups (broad SMARTS) is 1. The Morgan fingerprint density at radius 3 is 2.15 bits per heavy atom. The Bertz CT molecular complexity index is 853. The van der Waals surface area contributed by atoms with Gasteiger partial charge in [-0.15, -0.1) is 0 Å². The van der Waals surface area contributed by atoms with Gasteiger partial charge in [-0.3, -0.25) is 4.79 Å². The van der Waals surface area contributed by atoms with Gasteiger partial charge in [0.05, 0.1) is 23.7 Å². The van der Waals surface area contributed by atoms with Crippen LogP contribution in [0, 0.1) is 56.7 Å². The van der Waals surface area contributed by atoms with Crippen LogP contribution in [0.1, 0.15) is 99.3 Å². The molecule has 4 N–H and O–H groups in total. The predicted octanol–water partition coefficient (Wildman–Crippen LogP) is 4.87. The molecule has 5 fully saturated rings. The van der Waals surface area contributed by atoms with Crippen molar-refractivity contribution in [2.45, 2.75) is 118 Å². The molecule has 0 saturated heterocycles. The van der Waals surface area contributed by atoms with Gasteiger partial charge in [-0.25, -0.2) is 0 Å². The van der Waals surface area contributed by atoms with E-state index in [2.05, 4.69) is 34.6 Å².